The summed E-state index contributed by atoms with van der Waals surface area (Å²) in [6.45, 7) is 0.500. The number of benzene rings is 6. The van der Waals surface area contributed by atoms with Gasteiger partial charge in [-0.1, -0.05) is 146 Å². The summed E-state index contributed by atoms with van der Waals surface area (Å²) in [6, 6.07) is 56.5. The summed E-state index contributed by atoms with van der Waals surface area (Å²) >= 11 is 0. The molecule has 0 aromatic heterocycles. The highest BCUT2D eigenvalue weighted by molar-refractivity contribution is 5.89. The van der Waals surface area contributed by atoms with Crippen LogP contribution in [-0.4, -0.2) is 12.9 Å². The van der Waals surface area contributed by atoms with Gasteiger partial charge in [0.05, 0.1) is 5.41 Å². The number of anilines is 1. The van der Waals surface area contributed by atoms with Gasteiger partial charge in [0, 0.05) is 17.5 Å². The summed E-state index contributed by atoms with van der Waals surface area (Å²) in [6.07, 6.45) is 1.91. The van der Waals surface area contributed by atoms with Crippen molar-refractivity contribution in [2.75, 3.05) is 12.0 Å². The minimum absolute atomic E-state index is 0.410. The minimum Gasteiger partial charge on any atom is -0.366 e. The second kappa shape index (κ2) is 10.7. The molecule has 0 radical (unpaired) electrons. The van der Waals surface area contributed by atoms with Crippen molar-refractivity contribution in [3.05, 3.63) is 186 Å². The Morgan fingerprint density at radius 2 is 1.07 bits per heavy atom. The largest absolute Gasteiger partial charge is 0.366 e. The molecule has 0 aliphatic heterocycles. The van der Waals surface area contributed by atoms with Crippen LogP contribution in [-0.2, 0) is 5.41 Å². The molecule has 41 heavy (non-hydrogen) atoms. The highest BCUT2D eigenvalue weighted by Gasteiger charge is 2.46. The SMILES string of the molecule is C(=NCNc1ccccc1-c1ccc2c(c1)C(c1ccccc1)(c1ccccc1)c1ccccc1-2)c1ccccc1. The first-order valence-corrected chi connectivity index (χ1v) is 14.1. The number of hydrogen-bond donors (Lipinski definition) is 1. The van der Waals surface area contributed by atoms with Crippen molar-refractivity contribution in [1.82, 2.24) is 0 Å². The fraction of sp³-hybridized carbons (Fsp3) is 0.0513. The maximum Gasteiger partial charge on any atom is 0.107 e. The number of hydrogen-bond acceptors (Lipinski definition) is 2. The zero-order chi connectivity index (χ0) is 27.5. The summed E-state index contributed by atoms with van der Waals surface area (Å²) in [4.78, 5) is 4.62. The fourth-order valence-corrected chi connectivity index (χ4v) is 6.32. The van der Waals surface area contributed by atoms with E-state index >= 15 is 0 Å². The van der Waals surface area contributed by atoms with Crippen LogP contribution in [0.15, 0.2) is 163 Å². The molecule has 1 N–H and O–H groups in total. The third kappa shape index (κ3) is 4.34. The van der Waals surface area contributed by atoms with E-state index in [1.165, 1.54) is 38.9 Å². The molecule has 0 saturated heterocycles. The Morgan fingerprint density at radius 1 is 0.512 bits per heavy atom. The van der Waals surface area contributed by atoms with E-state index in [9.17, 15) is 0 Å². The van der Waals surface area contributed by atoms with Gasteiger partial charge in [0.2, 0.25) is 0 Å². The van der Waals surface area contributed by atoms with Crippen LogP contribution in [0.25, 0.3) is 22.3 Å². The van der Waals surface area contributed by atoms with E-state index < -0.39 is 5.41 Å². The molecule has 1 aliphatic carbocycles. The Morgan fingerprint density at radius 3 is 1.78 bits per heavy atom. The van der Waals surface area contributed by atoms with Crippen LogP contribution < -0.4 is 5.32 Å². The normalized spacial score (nSPS) is 13.1. The third-order valence-electron chi connectivity index (χ3n) is 8.10. The first-order chi connectivity index (χ1) is 20.4. The Hall–Kier alpha value is -5.21. The second-order valence-electron chi connectivity index (χ2n) is 10.4. The zero-order valence-electron chi connectivity index (χ0n) is 22.7. The van der Waals surface area contributed by atoms with Gasteiger partial charge in [-0.3, -0.25) is 4.99 Å². The molecular weight excluding hydrogens is 496 g/mol. The van der Waals surface area contributed by atoms with Crippen molar-refractivity contribution in [3.63, 3.8) is 0 Å². The Labute approximate surface area is 241 Å². The van der Waals surface area contributed by atoms with Gasteiger partial charge in [0.25, 0.3) is 0 Å². The van der Waals surface area contributed by atoms with Gasteiger partial charge >= 0.3 is 0 Å². The van der Waals surface area contributed by atoms with Crippen molar-refractivity contribution in [3.8, 4) is 22.3 Å². The van der Waals surface area contributed by atoms with Gasteiger partial charge in [-0.25, -0.2) is 0 Å². The van der Waals surface area contributed by atoms with Crippen molar-refractivity contribution < 1.29 is 0 Å². The lowest BCUT2D eigenvalue weighted by atomic mass is 9.67. The molecule has 6 aromatic carbocycles. The van der Waals surface area contributed by atoms with Crippen LogP contribution in [0.1, 0.15) is 27.8 Å². The van der Waals surface area contributed by atoms with Gasteiger partial charge in [-0.2, -0.15) is 0 Å². The Balaban J connectivity index is 1.36. The second-order valence-corrected chi connectivity index (χ2v) is 10.4. The van der Waals surface area contributed by atoms with E-state index in [4.69, 9.17) is 0 Å². The number of para-hydroxylation sites is 1. The summed E-state index contributed by atoms with van der Waals surface area (Å²) in [5.74, 6) is 0. The smallest absolute Gasteiger partial charge is 0.107 e. The van der Waals surface area contributed by atoms with Crippen molar-refractivity contribution in [1.29, 1.82) is 0 Å². The van der Waals surface area contributed by atoms with Crippen LogP contribution in [0.2, 0.25) is 0 Å². The molecule has 2 heteroatoms. The van der Waals surface area contributed by atoms with Crippen molar-refractivity contribution in [2.45, 2.75) is 5.41 Å². The molecule has 0 atom stereocenters. The van der Waals surface area contributed by atoms with Gasteiger partial charge in [0.15, 0.2) is 0 Å². The van der Waals surface area contributed by atoms with Crippen LogP contribution in [0.4, 0.5) is 5.69 Å². The fourth-order valence-electron chi connectivity index (χ4n) is 6.32. The lowest BCUT2D eigenvalue weighted by molar-refractivity contribution is 0.769. The molecule has 0 amide bonds. The predicted molar refractivity (Wildman–Crippen MR) is 172 cm³/mol. The van der Waals surface area contributed by atoms with Gasteiger partial charge in [-0.15, -0.1) is 0 Å². The summed E-state index contributed by atoms with van der Waals surface area (Å²) < 4.78 is 0. The van der Waals surface area contributed by atoms with E-state index in [2.05, 4.69) is 150 Å². The summed E-state index contributed by atoms with van der Waals surface area (Å²) in [5.41, 5.74) is 11.9. The topological polar surface area (TPSA) is 24.4 Å². The lowest BCUT2D eigenvalue weighted by Crippen LogP contribution is -2.28. The average Bonchev–Trinajstić information content (AvgIpc) is 3.35. The molecule has 196 valence electrons. The first kappa shape index (κ1) is 24.8. The molecular formula is C39H30N2. The Kier molecular flexibility index (Phi) is 6.50. The highest BCUT2D eigenvalue weighted by atomic mass is 15.0. The molecule has 7 rings (SSSR count). The van der Waals surface area contributed by atoms with Gasteiger partial charge < -0.3 is 5.32 Å². The molecule has 1 aliphatic rings. The zero-order valence-corrected chi connectivity index (χ0v) is 22.7. The number of nitrogens with one attached hydrogen (secondary N) is 1. The molecule has 6 aromatic rings. The highest BCUT2D eigenvalue weighted by Crippen LogP contribution is 2.56. The molecule has 0 fully saturated rings. The van der Waals surface area contributed by atoms with Gasteiger partial charge in [0.1, 0.15) is 6.67 Å². The average molecular weight is 527 g/mol. The lowest BCUT2D eigenvalue weighted by Gasteiger charge is -2.34. The standard InChI is InChI=1S/C39H30N2/c1-4-14-29(15-5-1)27-40-28-41-38-23-13-11-20-33(38)30-24-25-35-34-21-10-12-22-36(34)39(37(35)26-30,31-16-6-2-7-17-31)32-18-8-3-9-19-32/h1-27,41H,28H2. The van der Waals surface area contributed by atoms with Crippen LogP contribution in [0, 0.1) is 0 Å². The minimum atomic E-state index is -0.410. The maximum absolute atomic E-state index is 4.62. The first-order valence-electron chi connectivity index (χ1n) is 14.1. The monoisotopic (exact) mass is 526 g/mol. The molecule has 0 bridgehead atoms. The molecule has 0 heterocycles. The quantitative estimate of drug-likeness (QED) is 0.206. The van der Waals surface area contributed by atoms with E-state index in [1.807, 2.05) is 24.4 Å². The van der Waals surface area contributed by atoms with Gasteiger partial charge in [-0.05, 0) is 56.6 Å². The molecule has 0 saturated carbocycles. The molecule has 0 unspecified atom stereocenters. The van der Waals surface area contributed by atoms with E-state index in [0.717, 1.165) is 16.8 Å². The molecule has 2 nitrogen and oxygen atoms in total. The molecule has 0 spiro atoms. The van der Waals surface area contributed by atoms with Crippen LogP contribution in [0.3, 0.4) is 0 Å². The van der Waals surface area contributed by atoms with E-state index in [0.29, 0.717) is 6.67 Å². The van der Waals surface area contributed by atoms with E-state index in [1.54, 1.807) is 0 Å². The predicted octanol–water partition coefficient (Wildman–Crippen LogP) is 9.21. The number of nitrogens with zero attached hydrogens (tertiary/aromatic N) is 1. The van der Waals surface area contributed by atoms with E-state index in [-0.39, 0.29) is 0 Å². The number of fused-ring (bicyclic) bond motifs is 3. The number of aliphatic imine (C=N–C) groups is 1. The number of rotatable bonds is 7. The van der Waals surface area contributed by atoms with Crippen LogP contribution >= 0.6 is 0 Å². The van der Waals surface area contributed by atoms with Crippen LogP contribution in [0.5, 0.6) is 0 Å². The maximum atomic E-state index is 4.62. The summed E-state index contributed by atoms with van der Waals surface area (Å²) in [7, 11) is 0. The third-order valence-corrected chi connectivity index (χ3v) is 8.10. The van der Waals surface area contributed by atoms with Crippen molar-refractivity contribution in [2.24, 2.45) is 4.99 Å². The Bertz CT molecular complexity index is 1780. The van der Waals surface area contributed by atoms with Crippen molar-refractivity contribution >= 4 is 11.9 Å². The summed E-state index contributed by atoms with van der Waals surface area (Å²) in [5, 5.41) is 3.55.